The van der Waals surface area contributed by atoms with Crippen LogP contribution in [0.3, 0.4) is 0 Å². The summed E-state index contributed by atoms with van der Waals surface area (Å²) in [5, 5.41) is 6.63. The molecule has 2 aromatic heterocycles. The van der Waals surface area contributed by atoms with E-state index in [0.29, 0.717) is 31.1 Å². The third kappa shape index (κ3) is 3.60. The van der Waals surface area contributed by atoms with Gasteiger partial charge in [-0.3, -0.25) is 10.1 Å². The quantitative estimate of drug-likeness (QED) is 0.929. The van der Waals surface area contributed by atoms with Gasteiger partial charge in [0.05, 0.1) is 36.2 Å². The van der Waals surface area contributed by atoms with Crippen molar-refractivity contribution in [2.75, 3.05) is 18.1 Å². The topological polar surface area (TPSA) is 84.9 Å². The van der Waals surface area contributed by atoms with Crippen LogP contribution in [0.15, 0.2) is 30.7 Å². The Hall–Kier alpha value is -1.89. The van der Waals surface area contributed by atoms with E-state index in [-0.39, 0.29) is 11.5 Å². The molecule has 0 unspecified atom stereocenters. The molecule has 1 aliphatic rings. The number of nitrogens with one attached hydrogen (secondary N) is 1. The van der Waals surface area contributed by atoms with E-state index in [1.54, 1.807) is 18.6 Å². The first-order valence-corrected chi connectivity index (χ1v) is 8.73. The number of hydrogen-bond acceptors (Lipinski definition) is 5. The normalized spacial score (nSPS) is 18.5. The van der Waals surface area contributed by atoms with Gasteiger partial charge < -0.3 is 4.74 Å². The van der Waals surface area contributed by atoms with E-state index in [1.807, 2.05) is 12.1 Å². The van der Waals surface area contributed by atoms with Gasteiger partial charge in [0.2, 0.25) is 0 Å². The monoisotopic (exact) mass is 307 g/mol. The van der Waals surface area contributed by atoms with E-state index in [1.165, 1.54) is 0 Å². The standard InChI is InChI=1S/C14H17N3O3S/c18-21(19)5-3-11(4-6-21)10-20-13-1-2-14(15-9-13)12-7-16-17-8-12/h1-2,7-9,11H,3-6,10H2,(H,16,17). The summed E-state index contributed by atoms with van der Waals surface area (Å²) in [4.78, 5) is 4.33. The molecule has 21 heavy (non-hydrogen) atoms. The lowest BCUT2D eigenvalue weighted by molar-refractivity contribution is 0.237. The van der Waals surface area contributed by atoms with E-state index in [0.717, 1.165) is 11.3 Å². The number of pyridine rings is 1. The minimum atomic E-state index is -2.81. The van der Waals surface area contributed by atoms with Crippen molar-refractivity contribution < 1.29 is 13.2 Å². The summed E-state index contributed by atoms with van der Waals surface area (Å²) >= 11 is 0. The predicted molar refractivity (Wildman–Crippen MR) is 78.7 cm³/mol. The lowest BCUT2D eigenvalue weighted by Gasteiger charge is -2.21. The van der Waals surface area contributed by atoms with E-state index >= 15 is 0 Å². The van der Waals surface area contributed by atoms with Crippen LogP contribution in [0.1, 0.15) is 12.8 Å². The average Bonchev–Trinajstić information content (AvgIpc) is 3.01. The molecule has 7 heteroatoms. The molecule has 1 aliphatic heterocycles. The minimum Gasteiger partial charge on any atom is -0.492 e. The highest BCUT2D eigenvalue weighted by atomic mass is 32.2. The Kier molecular flexibility index (Phi) is 3.92. The molecule has 0 amide bonds. The maximum atomic E-state index is 11.4. The Morgan fingerprint density at radius 2 is 2.05 bits per heavy atom. The van der Waals surface area contributed by atoms with Crippen molar-refractivity contribution in [3.8, 4) is 17.0 Å². The van der Waals surface area contributed by atoms with Crippen LogP contribution in [-0.4, -0.2) is 41.7 Å². The van der Waals surface area contributed by atoms with E-state index in [9.17, 15) is 8.42 Å². The maximum Gasteiger partial charge on any atom is 0.150 e. The SMILES string of the molecule is O=S1(=O)CCC(COc2ccc(-c3cn[nH]c3)nc2)CC1. The van der Waals surface area contributed by atoms with Crippen molar-refractivity contribution in [1.29, 1.82) is 0 Å². The maximum absolute atomic E-state index is 11.4. The van der Waals surface area contributed by atoms with Gasteiger partial charge in [-0.2, -0.15) is 5.10 Å². The molecular formula is C14H17N3O3S. The molecule has 0 spiro atoms. The molecule has 6 nitrogen and oxygen atoms in total. The molecule has 2 aromatic rings. The smallest absolute Gasteiger partial charge is 0.150 e. The van der Waals surface area contributed by atoms with Crippen LogP contribution in [-0.2, 0) is 9.84 Å². The molecule has 0 radical (unpaired) electrons. The van der Waals surface area contributed by atoms with Crippen LogP contribution in [0.25, 0.3) is 11.3 Å². The van der Waals surface area contributed by atoms with E-state index in [2.05, 4.69) is 15.2 Å². The second-order valence-electron chi connectivity index (χ2n) is 5.27. The van der Waals surface area contributed by atoms with Gasteiger partial charge >= 0.3 is 0 Å². The molecule has 1 saturated heterocycles. The lowest BCUT2D eigenvalue weighted by atomic mass is 10.0. The molecule has 0 bridgehead atoms. The fourth-order valence-electron chi connectivity index (χ4n) is 2.35. The number of nitrogens with zero attached hydrogens (tertiary/aromatic N) is 2. The zero-order valence-electron chi connectivity index (χ0n) is 11.5. The summed E-state index contributed by atoms with van der Waals surface area (Å²) in [5.41, 5.74) is 1.76. The lowest BCUT2D eigenvalue weighted by Crippen LogP contribution is -2.26. The summed E-state index contributed by atoms with van der Waals surface area (Å²) < 4.78 is 28.4. The third-order valence-corrected chi connectivity index (χ3v) is 5.41. The van der Waals surface area contributed by atoms with E-state index < -0.39 is 9.84 Å². The number of rotatable bonds is 4. The van der Waals surface area contributed by atoms with Crippen LogP contribution < -0.4 is 4.74 Å². The molecule has 1 fully saturated rings. The van der Waals surface area contributed by atoms with Crippen molar-refractivity contribution in [2.24, 2.45) is 5.92 Å². The number of sulfone groups is 1. The average molecular weight is 307 g/mol. The fraction of sp³-hybridized carbons (Fsp3) is 0.429. The number of H-pyrrole nitrogens is 1. The highest BCUT2D eigenvalue weighted by molar-refractivity contribution is 7.91. The summed E-state index contributed by atoms with van der Waals surface area (Å²) in [5.74, 6) is 1.56. The zero-order valence-corrected chi connectivity index (χ0v) is 12.3. The number of aromatic amines is 1. The molecular weight excluding hydrogens is 290 g/mol. The van der Waals surface area contributed by atoms with E-state index in [4.69, 9.17) is 4.74 Å². The minimum absolute atomic E-state index is 0.276. The van der Waals surface area contributed by atoms with Crippen LogP contribution >= 0.6 is 0 Å². The van der Waals surface area contributed by atoms with Gasteiger partial charge in [-0.1, -0.05) is 0 Å². The van der Waals surface area contributed by atoms with Gasteiger partial charge in [0.15, 0.2) is 0 Å². The molecule has 0 saturated carbocycles. The summed E-state index contributed by atoms with van der Waals surface area (Å²) in [6.07, 6.45) is 6.55. The Morgan fingerprint density at radius 1 is 1.24 bits per heavy atom. The van der Waals surface area contributed by atoms with Crippen molar-refractivity contribution >= 4 is 9.84 Å². The number of aromatic nitrogens is 3. The Balaban J connectivity index is 1.54. The Morgan fingerprint density at radius 3 is 2.67 bits per heavy atom. The number of ether oxygens (including phenoxy) is 1. The molecule has 3 heterocycles. The second kappa shape index (κ2) is 5.85. The van der Waals surface area contributed by atoms with Crippen molar-refractivity contribution in [2.45, 2.75) is 12.8 Å². The molecule has 112 valence electrons. The first-order chi connectivity index (χ1) is 10.1. The summed E-state index contributed by atoms with van der Waals surface area (Å²) in [6, 6.07) is 3.75. The van der Waals surface area contributed by atoms with Gasteiger partial charge in [0.1, 0.15) is 15.6 Å². The third-order valence-electron chi connectivity index (χ3n) is 3.69. The molecule has 1 N–H and O–H groups in total. The summed E-state index contributed by atoms with van der Waals surface area (Å²) in [6.45, 7) is 0.544. The first kappa shape index (κ1) is 14.1. The first-order valence-electron chi connectivity index (χ1n) is 6.91. The highest BCUT2D eigenvalue weighted by Crippen LogP contribution is 2.22. The molecule has 0 atom stereocenters. The van der Waals surface area contributed by atoms with Gasteiger partial charge in [0.25, 0.3) is 0 Å². The van der Waals surface area contributed by atoms with Crippen LogP contribution in [0, 0.1) is 5.92 Å². The second-order valence-corrected chi connectivity index (χ2v) is 7.58. The molecule has 0 aromatic carbocycles. The fourth-order valence-corrected chi connectivity index (χ4v) is 3.94. The molecule has 0 aliphatic carbocycles. The van der Waals surface area contributed by atoms with Gasteiger partial charge in [-0.15, -0.1) is 0 Å². The largest absolute Gasteiger partial charge is 0.492 e. The zero-order chi connectivity index (χ0) is 14.7. The Bertz CT molecular complexity index is 667. The molecule has 3 rings (SSSR count). The number of hydrogen-bond donors (Lipinski definition) is 1. The van der Waals surface area contributed by atoms with Crippen molar-refractivity contribution in [3.05, 3.63) is 30.7 Å². The van der Waals surface area contributed by atoms with Crippen molar-refractivity contribution in [3.63, 3.8) is 0 Å². The van der Waals surface area contributed by atoms with Gasteiger partial charge in [0, 0.05) is 11.8 Å². The van der Waals surface area contributed by atoms with Crippen LogP contribution in [0.2, 0.25) is 0 Å². The van der Waals surface area contributed by atoms with Crippen LogP contribution in [0.4, 0.5) is 0 Å². The van der Waals surface area contributed by atoms with Gasteiger partial charge in [-0.25, -0.2) is 8.42 Å². The summed E-state index contributed by atoms with van der Waals surface area (Å²) in [7, 11) is -2.81. The predicted octanol–water partition coefficient (Wildman–Crippen LogP) is 1.68. The Labute approximate surface area is 123 Å². The van der Waals surface area contributed by atoms with Gasteiger partial charge in [-0.05, 0) is 30.9 Å². The highest BCUT2D eigenvalue weighted by Gasteiger charge is 2.23. The van der Waals surface area contributed by atoms with Crippen LogP contribution in [0.5, 0.6) is 5.75 Å². The van der Waals surface area contributed by atoms with Crippen molar-refractivity contribution in [1.82, 2.24) is 15.2 Å².